The van der Waals surface area contributed by atoms with Gasteiger partial charge in [-0.25, -0.2) is 4.39 Å². The van der Waals surface area contributed by atoms with Gasteiger partial charge in [0.05, 0.1) is 20.4 Å². The molecule has 0 unspecified atom stereocenters. The topological polar surface area (TPSA) is 64.8 Å². The van der Waals surface area contributed by atoms with E-state index in [9.17, 15) is 9.18 Å². The lowest BCUT2D eigenvalue weighted by atomic mass is 10.0. The van der Waals surface area contributed by atoms with Crippen LogP contribution in [0.3, 0.4) is 0 Å². The summed E-state index contributed by atoms with van der Waals surface area (Å²) in [7, 11) is 4.99. The third kappa shape index (κ3) is 5.17. The van der Waals surface area contributed by atoms with Crippen LogP contribution in [0.15, 0.2) is 53.2 Å². The van der Waals surface area contributed by atoms with Gasteiger partial charge in [-0.1, -0.05) is 11.2 Å². The molecule has 0 aliphatic rings. The number of benzene rings is 2. The van der Waals surface area contributed by atoms with Gasteiger partial charge in [-0.3, -0.25) is 4.79 Å². The maximum atomic E-state index is 13.1. The Morgan fingerprint density at radius 2 is 1.80 bits per heavy atom. The first-order valence-corrected chi connectivity index (χ1v) is 9.66. The highest BCUT2D eigenvalue weighted by atomic mass is 19.1. The van der Waals surface area contributed by atoms with E-state index in [0.29, 0.717) is 43.1 Å². The second kappa shape index (κ2) is 9.91. The molecule has 6 nitrogen and oxygen atoms in total. The van der Waals surface area contributed by atoms with Crippen molar-refractivity contribution >= 4 is 5.91 Å². The van der Waals surface area contributed by atoms with Crippen LogP contribution in [0.2, 0.25) is 0 Å². The van der Waals surface area contributed by atoms with Crippen molar-refractivity contribution in [2.24, 2.45) is 0 Å². The summed E-state index contributed by atoms with van der Waals surface area (Å²) in [5.74, 6) is 1.63. The molecule has 158 valence electrons. The van der Waals surface area contributed by atoms with Gasteiger partial charge in [0, 0.05) is 31.1 Å². The zero-order chi connectivity index (χ0) is 21.5. The Balaban J connectivity index is 1.54. The first kappa shape index (κ1) is 21.4. The van der Waals surface area contributed by atoms with Crippen molar-refractivity contribution in [3.05, 3.63) is 65.6 Å². The number of aromatic nitrogens is 1. The zero-order valence-corrected chi connectivity index (χ0v) is 17.4. The van der Waals surface area contributed by atoms with Crippen LogP contribution in [0.1, 0.15) is 17.5 Å². The van der Waals surface area contributed by atoms with Crippen LogP contribution in [-0.2, 0) is 17.6 Å². The highest BCUT2D eigenvalue weighted by molar-refractivity contribution is 5.76. The number of carbonyl (C=O) groups excluding carboxylic acids is 1. The normalized spacial score (nSPS) is 10.7. The molecule has 3 rings (SSSR count). The average molecular weight is 412 g/mol. The van der Waals surface area contributed by atoms with Crippen LogP contribution in [0.5, 0.6) is 11.5 Å². The SMILES string of the molecule is COc1ccc(CCN(C)C(=O)CCc2cnoc2-c2ccc(F)cc2)cc1OC. The average Bonchev–Trinajstić information content (AvgIpc) is 3.24. The minimum absolute atomic E-state index is 0.0294. The van der Waals surface area contributed by atoms with Gasteiger partial charge >= 0.3 is 0 Å². The first-order valence-electron chi connectivity index (χ1n) is 9.66. The van der Waals surface area contributed by atoms with Crippen molar-refractivity contribution in [3.8, 4) is 22.8 Å². The second-order valence-electron chi connectivity index (χ2n) is 6.94. The molecule has 30 heavy (non-hydrogen) atoms. The van der Waals surface area contributed by atoms with Crippen molar-refractivity contribution in [1.29, 1.82) is 0 Å². The molecule has 2 aromatic carbocycles. The van der Waals surface area contributed by atoms with Crippen LogP contribution in [0, 0.1) is 5.82 Å². The van der Waals surface area contributed by atoms with E-state index in [2.05, 4.69) is 5.16 Å². The molecule has 0 radical (unpaired) electrons. The van der Waals surface area contributed by atoms with Gasteiger partial charge in [0.1, 0.15) is 5.82 Å². The predicted molar refractivity (Wildman–Crippen MR) is 111 cm³/mol. The minimum Gasteiger partial charge on any atom is -0.493 e. The lowest BCUT2D eigenvalue weighted by molar-refractivity contribution is -0.129. The quantitative estimate of drug-likeness (QED) is 0.529. The molecule has 0 spiro atoms. The van der Waals surface area contributed by atoms with E-state index in [1.54, 1.807) is 44.5 Å². The fraction of sp³-hybridized carbons (Fsp3) is 0.304. The predicted octanol–water partition coefficient (Wildman–Crippen LogP) is 4.13. The highest BCUT2D eigenvalue weighted by Gasteiger charge is 2.15. The van der Waals surface area contributed by atoms with Crippen molar-refractivity contribution in [3.63, 3.8) is 0 Å². The third-order valence-electron chi connectivity index (χ3n) is 4.97. The Morgan fingerprint density at radius 1 is 1.07 bits per heavy atom. The Morgan fingerprint density at radius 3 is 2.50 bits per heavy atom. The molecule has 0 aliphatic heterocycles. The molecular formula is C23H25FN2O4. The zero-order valence-electron chi connectivity index (χ0n) is 17.4. The fourth-order valence-corrected chi connectivity index (χ4v) is 3.17. The van der Waals surface area contributed by atoms with Gasteiger partial charge < -0.3 is 18.9 Å². The highest BCUT2D eigenvalue weighted by Crippen LogP contribution is 2.28. The summed E-state index contributed by atoms with van der Waals surface area (Å²) < 4.78 is 29.0. The molecule has 0 aliphatic carbocycles. The van der Waals surface area contributed by atoms with E-state index >= 15 is 0 Å². The summed E-state index contributed by atoms with van der Waals surface area (Å²) in [6, 6.07) is 11.8. The van der Waals surface area contributed by atoms with Gasteiger partial charge in [0.25, 0.3) is 0 Å². The molecule has 0 N–H and O–H groups in total. The van der Waals surface area contributed by atoms with Crippen molar-refractivity contribution in [2.75, 3.05) is 27.8 Å². The maximum Gasteiger partial charge on any atom is 0.222 e. The van der Waals surface area contributed by atoms with Gasteiger partial charge in [-0.15, -0.1) is 0 Å². The molecule has 0 fully saturated rings. The molecule has 0 saturated heterocycles. The lowest BCUT2D eigenvalue weighted by Gasteiger charge is -2.17. The lowest BCUT2D eigenvalue weighted by Crippen LogP contribution is -2.29. The molecule has 0 bridgehead atoms. The number of aryl methyl sites for hydroxylation is 1. The Bertz CT molecular complexity index is 985. The van der Waals surface area contributed by atoms with E-state index in [-0.39, 0.29) is 11.7 Å². The molecule has 0 atom stereocenters. The molecular weight excluding hydrogens is 387 g/mol. The van der Waals surface area contributed by atoms with Crippen LogP contribution >= 0.6 is 0 Å². The van der Waals surface area contributed by atoms with Crippen LogP contribution in [0.25, 0.3) is 11.3 Å². The Hall–Kier alpha value is -3.35. The summed E-state index contributed by atoms with van der Waals surface area (Å²) in [4.78, 5) is 14.3. The summed E-state index contributed by atoms with van der Waals surface area (Å²) >= 11 is 0. The number of likely N-dealkylation sites (N-methyl/N-ethyl adjacent to an activating group) is 1. The number of carbonyl (C=O) groups is 1. The van der Waals surface area contributed by atoms with E-state index in [0.717, 1.165) is 16.7 Å². The number of amides is 1. The second-order valence-corrected chi connectivity index (χ2v) is 6.94. The summed E-state index contributed by atoms with van der Waals surface area (Å²) in [6.07, 6.45) is 3.14. The van der Waals surface area contributed by atoms with Gasteiger partial charge in [0.2, 0.25) is 5.91 Å². The number of hydrogen-bond donors (Lipinski definition) is 0. The minimum atomic E-state index is -0.314. The Labute approximate surface area is 175 Å². The largest absolute Gasteiger partial charge is 0.493 e. The number of hydrogen-bond acceptors (Lipinski definition) is 5. The molecule has 1 amide bonds. The Kier molecular flexibility index (Phi) is 7.06. The molecule has 0 saturated carbocycles. The molecule has 1 heterocycles. The summed E-state index contributed by atoms with van der Waals surface area (Å²) in [6.45, 7) is 0.586. The van der Waals surface area contributed by atoms with Crippen molar-refractivity contribution < 1.29 is 23.2 Å². The van der Waals surface area contributed by atoms with Gasteiger partial charge in [-0.05, 0) is 54.8 Å². The monoisotopic (exact) mass is 412 g/mol. The van der Waals surface area contributed by atoms with Gasteiger partial charge in [-0.2, -0.15) is 0 Å². The molecule has 1 aromatic heterocycles. The maximum absolute atomic E-state index is 13.1. The summed E-state index contributed by atoms with van der Waals surface area (Å²) in [5, 5.41) is 3.83. The van der Waals surface area contributed by atoms with E-state index in [4.69, 9.17) is 14.0 Å². The van der Waals surface area contributed by atoms with Crippen LogP contribution in [0.4, 0.5) is 4.39 Å². The van der Waals surface area contributed by atoms with Crippen molar-refractivity contribution in [1.82, 2.24) is 10.1 Å². The molecule has 3 aromatic rings. The smallest absolute Gasteiger partial charge is 0.222 e. The van der Waals surface area contributed by atoms with E-state index in [1.807, 2.05) is 18.2 Å². The number of methoxy groups -OCH3 is 2. The summed E-state index contributed by atoms with van der Waals surface area (Å²) in [5.41, 5.74) is 2.62. The standard InChI is InChI=1S/C23H25FN2O4/c1-26(13-12-16-4-10-20(28-2)21(14-16)29-3)22(27)11-7-18-15-25-30-23(18)17-5-8-19(24)9-6-17/h4-6,8-10,14-15H,7,11-13H2,1-3H3. The van der Waals surface area contributed by atoms with Crippen LogP contribution in [-0.4, -0.2) is 43.8 Å². The first-order chi connectivity index (χ1) is 14.5. The third-order valence-corrected chi connectivity index (χ3v) is 4.97. The van der Waals surface area contributed by atoms with E-state index in [1.165, 1.54) is 12.1 Å². The number of halogens is 1. The molecule has 7 heteroatoms. The van der Waals surface area contributed by atoms with Crippen LogP contribution < -0.4 is 9.47 Å². The number of nitrogens with zero attached hydrogens (tertiary/aromatic N) is 2. The number of rotatable bonds is 9. The fourth-order valence-electron chi connectivity index (χ4n) is 3.17. The van der Waals surface area contributed by atoms with E-state index < -0.39 is 0 Å². The van der Waals surface area contributed by atoms with Gasteiger partial charge in [0.15, 0.2) is 17.3 Å². The number of ether oxygens (including phenoxy) is 2. The van der Waals surface area contributed by atoms with Crippen molar-refractivity contribution in [2.45, 2.75) is 19.3 Å².